The van der Waals surface area contributed by atoms with Gasteiger partial charge in [-0.25, -0.2) is 4.39 Å². The number of rotatable bonds is 1. The number of hydrogen-bond donors (Lipinski definition) is 1. The Hall–Kier alpha value is -0.430. The molecule has 3 nitrogen and oxygen atoms in total. The molecule has 7 heteroatoms. The molecule has 0 radical (unpaired) electrons. The number of anilines is 1. The van der Waals surface area contributed by atoms with Crippen molar-refractivity contribution in [3.63, 3.8) is 0 Å². The van der Waals surface area contributed by atoms with Crippen LogP contribution < -0.4 is 10.2 Å². The average molecular weight is 363 g/mol. The maximum Gasteiger partial charge on any atom is 0.166 e. The summed E-state index contributed by atoms with van der Waals surface area (Å²) in [7, 11) is 0. The van der Waals surface area contributed by atoms with Crippen LogP contribution >= 0.6 is 39.1 Å². The zero-order valence-electron chi connectivity index (χ0n) is 9.84. The third-order valence-corrected chi connectivity index (χ3v) is 6.16. The molecule has 0 aliphatic carbocycles. The minimum absolute atomic E-state index is 0.293. The number of fused-ring (bicyclic) bond motifs is 1. The maximum atomic E-state index is 14.1. The van der Waals surface area contributed by atoms with E-state index in [2.05, 4.69) is 30.5 Å². The number of halogens is 3. The van der Waals surface area contributed by atoms with Gasteiger partial charge in [0.25, 0.3) is 0 Å². The molecule has 3 heterocycles. The van der Waals surface area contributed by atoms with Crippen LogP contribution in [0, 0.1) is 11.2 Å². The van der Waals surface area contributed by atoms with E-state index in [4.69, 9.17) is 11.6 Å². The normalized spacial score (nSPS) is 20.7. The Morgan fingerprint density at radius 1 is 1.47 bits per heavy atom. The Morgan fingerprint density at radius 3 is 2.84 bits per heavy atom. The van der Waals surface area contributed by atoms with Gasteiger partial charge in [-0.3, -0.25) is 0 Å². The first-order chi connectivity index (χ1) is 9.10. The predicted molar refractivity (Wildman–Crippen MR) is 79.8 cm³/mol. The van der Waals surface area contributed by atoms with Crippen LogP contribution in [0.5, 0.6) is 0 Å². The molecule has 1 aromatic heterocycles. The van der Waals surface area contributed by atoms with E-state index in [1.54, 1.807) is 6.07 Å². The Labute approximate surface area is 127 Å². The fraction of sp³-hybridized carbons (Fsp3) is 0.417. The first-order valence-electron chi connectivity index (χ1n) is 5.98. The monoisotopic (exact) mass is 361 g/mol. The van der Waals surface area contributed by atoms with Crippen LogP contribution in [0.15, 0.2) is 10.5 Å². The second kappa shape index (κ2) is 4.04. The molecule has 2 aliphatic heterocycles. The van der Waals surface area contributed by atoms with Crippen LogP contribution in [-0.2, 0) is 0 Å². The first-order valence-corrected chi connectivity index (χ1v) is 7.93. The standard InChI is InChI=1S/C12H10BrClFN3S/c13-8-7(14)1-6-10(9(8)15)17-19-11(6)18-4-12(5-18)2-16-3-12/h1,16H,2-5H2. The van der Waals surface area contributed by atoms with Gasteiger partial charge in [0.05, 0.1) is 9.50 Å². The highest BCUT2D eigenvalue weighted by atomic mass is 79.9. The molecule has 100 valence electrons. The smallest absolute Gasteiger partial charge is 0.166 e. The highest BCUT2D eigenvalue weighted by Gasteiger charge is 2.48. The molecule has 0 unspecified atom stereocenters. The minimum Gasteiger partial charge on any atom is -0.360 e. The van der Waals surface area contributed by atoms with Gasteiger partial charge in [-0.15, -0.1) is 0 Å². The second-order valence-corrected chi connectivity index (χ2v) is 7.28. The van der Waals surface area contributed by atoms with Crippen molar-refractivity contribution in [1.29, 1.82) is 0 Å². The molecule has 2 fully saturated rings. The van der Waals surface area contributed by atoms with Crippen molar-refractivity contribution in [3.05, 3.63) is 21.4 Å². The van der Waals surface area contributed by atoms with Crippen molar-refractivity contribution in [1.82, 2.24) is 9.69 Å². The molecular weight excluding hydrogens is 353 g/mol. The molecular formula is C12H10BrClFN3S. The molecule has 19 heavy (non-hydrogen) atoms. The Balaban J connectivity index is 1.75. The summed E-state index contributed by atoms with van der Waals surface area (Å²) in [5.74, 6) is -0.370. The Morgan fingerprint density at radius 2 is 2.21 bits per heavy atom. The predicted octanol–water partition coefficient (Wildman–Crippen LogP) is 3.26. The zero-order valence-corrected chi connectivity index (χ0v) is 13.0. The second-order valence-electron chi connectivity index (χ2n) is 5.33. The lowest BCUT2D eigenvalue weighted by Gasteiger charge is -2.56. The lowest BCUT2D eigenvalue weighted by atomic mass is 9.74. The van der Waals surface area contributed by atoms with Crippen molar-refractivity contribution in [2.24, 2.45) is 5.41 Å². The molecule has 2 aliphatic rings. The lowest BCUT2D eigenvalue weighted by Crippen LogP contribution is -2.71. The van der Waals surface area contributed by atoms with E-state index in [1.807, 2.05) is 0 Å². The summed E-state index contributed by atoms with van der Waals surface area (Å²) in [6, 6.07) is 1.80. The Kier molecular flexibility index (Phi) is 2.62. The summed E-state index contributed by atoms with van der Waals surface area (Å²) >= 11 is 10.5. The van der Waals surface area contributed by atoms with Crippen LogP contribution in [0.4, 0.5) is 9.39 Å². The van der Waals surface area contributed by atoms with Crippen LogP contribution in [0.3, 0.4) is 0 Å². The van der Waals surface area contributed by atoms with Gasteiger partial charge in [-0.1, -0.05) is 11.6 Å². The van der Waals surface area contributed by atoms with Gasteiger partial charge in [0.1, 0.15) is 10.5 Å². The number of nitrogens with one attached hydrogen (secondary N) is 1. The molecule has 1 aromatic carbocycles. The average Bonchev–Trinajstić information content (AvgIpc) is 2.67. The number of hydrogen-bond acceptors (Lipinski definition) is 4. The summed E-state index contributed by atoms with van der Waals surface area (Å²) in [4.78, 5) is 2.27. The van der Waals surface area contributed by atoms with E-state index in [-0.39, 0.29) is 5.82 Å². The largest absolute Gasteiger partial charge is 0.360 e. The lowest BCUT2D eigenvalue weighted by molar-refractivity contribution is 0.122. The first kappa shape index (κ1) is 12.3. The summed E-state index contributed by atoms with van der Waals surface area (Å²) in [6.45, 7) is 4.21. The van der Waals surface area contributed by atoms with E-state index in [1.165, 1.54) is 11.5 Å². The topological polar surface area (TPSA) is 28.2 Å². The van der Waals surface area contributed by atoms with E-state index in [0.717, 1.165) is 36.6 Å². The molecule has 1 N–H and O–H groups in total. The van der Waals surface area contributed by atoms with Crippen molar-refractivity contribution in [3.8, 4) is 0 Å². The highest BCUT2D eigenvalue weighted by molar-refractivity contribution is 9.10. The van der Waals surface area contributed by atoms with Crippen LogP contribution in [0.25, 0.3) is 10.9 Å². The molecule has 0 amide bonds. The van der Waals surface area contributed by atoms with Crippen LogP contribution in [0.2, 0.25) is 5.02 Å². The van der Waals surface area contributed by atoms with Gasteiger partial charge >= 0.3 is 0 Å². The van der Waals surface area contributed by atoms with Gasteiger partial charge in [0, 0.05) is 37.0 Å². The highest BCUT2D eigenvalue weighted by Crippen LogP contribution is 2.44. The molecule has 0 saturated carbocycles. The number of aromatic nitrogens is 1. The summed E-state index contributed by atoms with van der Waals surface area (Å²) < 4.78 is 18.6. The van der Waals surface area contributed by atoms with Gasteiger partial charge in [-0.05, 0) is 33.5 Å². The fourth-order valence-corrected chi connectivity index (χ4v) is 4.16. The Bertz CT molecular complexity index is 677. The number of benzene rings is 1. The SMILES string of the molecule is Fc1c(Br)c(Cl)cc2c(N3CC4(CNC4)C3)snc12. The summed E-state index contributed by atoms with van der Waals surface area (Å²) in [5.41, 5.74) is 0.845. The summed E-state index contributed by atoms with van der Waals surface area (Å²) in [5, 5.41) is 5.55. The third-order valence-electron chi connectivity index (χ3n) is 3.93. The zero-order chi connectivity index (χ0) is 13.2. The minimum atomic E-state index is -0.370. The van der Waals surface area contributed by atoms with E-state index in [9.17, 15) is 4.39 Å². The van der Waals surface area contributed by atoms with Crippen molar-refractivity contribution in [2.45, 2.75) is 0 Å². The van der Waals surface area contributed by atoms with E-state index in [0.29, 0.717) is 20.4 Å². The molecule has 4 rings (SSSR count). The van der Waals surface area contributed by atoms with E-state index >= 15 is 0 Å². The van der Waals surface area contributed by atoms with Crippen molar-refractivity contribution >= 4 is 55.0 Å². The molecule has 2 saturated heterocycles. The van der Waals surface area contributed by atoms with Gasteiger partial charge in [0.15, 0.2) is 5.82 Å². The maximum absolute atomic E-state index is 14.1. The van der Waals surface area contributed by atoms with Crippen molar-refractivity contribution in [2.75, 3.05) is 31.1 Å². The van der Waals surface area contributed by atoms with Crippen LogP contribution in [0.1, 0.15) is 0 Å². The summed E-state index contributed by atoms with van der Waals surface area (Å²) in [6.07, 6.45) is 0. The van der Waals surface area contributed by atoms with Gasteiger partial charge in [0.2, 0.25) is 0 Å². The van der Waals surface area contributed by atoms with E-state index < -0.39 is 0 Å². The van der Waals surface area contributed by atoms with Gasteiger partial charge < -0.3 is 10.2 Å². The molecule has 2 aromatic rings. The molecule has 0 atom stereocenters. The van der Waals surface area contributed by atoms with Crippen molar-refractivity contribution < 1.29 is 4.39 Å². The quantitative estimate of drug-likeness (QED) is 0.789. The van der Waals surface area contributed by atoms with Gasteiger partial charge in [-0.2, -0.15) is 4.37 Å². The number of nitrogens with zero attached hydrogens (tertiary/aromatic N) is 2. The fourth-order valence-electron chi connectivity index (χ4n) is 2.81. The van der Waals surface area contributed by atoms with Crippen LogP contribution in [-0.4, -0.2) is 30.6 Å². The molecule has 0 bridgehead atoms. The molecule has 1 spiro atoms. The third kappa shape index (κ3) is 1.67.